The maximum atomic E-state index is 13.5. The van der Waals surface area contributed by atoms with E-state index in [2.05, 4.69) is 20.6 Å². The fraction of sp³-hybridized carbons (Fsp3) is 0.429. The van der Waals surface area contributed by atoms with Crippen molar-refractivity contribution in [1.29, 1.82) is 0 Å². The second-order valence-electron chi connectivity index (χ2n) is 4.99. The molecule has 0 bridgehead atoms. The summed E-state index contributed by atoms with van der Waals surface area (Å²) in [6, 6.07) is 1.23. The fourth-order valence-electron chi connectivity index (χ4n) is 2.35. The van der Waals surface area contributed by atoms with Crippen LogP contribution >= 0.6 is 0 Å². The van der Waals surface area contributed by atoms with Gasteiger partial charge in [-0.25, -0.2) is 9.07 Å². The van der Waals surface area contributed by atoms with E-state index in [0.717, 1.165) is 6.20 Å². The van der Waals surface area contributed by atoms with Crippen LogP contribution in [0.2, 0.25) is 0 Å². The van der Waals surface area contributed by atoms with Crippen molar-refractivity contribution in [3.8, 4) is 0 Å². The Hall–Kier alpha value is -2.39. The number of halogens is 1. The number of amides is 1. The number of nitrogens with zero attached hydrogens (tertiary/aromatic N) is 4. The van der Waals surface area contributed by atoms with Crippen molar-refractivity contribution in [2.24, 2.45) is 0 Å². The molecule has 2 atom stereocenters. The monoisotopic (exact) mass is 321 g/mol. The second kappa shape index (κ2) is 6.80. The lowest BCUT2D eigenvalue weighted by Gasteiger charge is -2.16. The molecule has 0 radical (unpaired) electrons. The third-order valence-corrected chi connectivity index (χ3v) is 3.48. The molecule has 23 heavy (non-hydrogen) atoms. The van der Waals surface area contributed by atoms with Gasteiger partial charge in [0.2, 0.25) is 0 Å². The molecule has 1 N–H and O–H groups in total. The van der Waals surface area contributed by atoms with Gasteiger partial charge in [0.15, 0.2) is 11.5 Å². The third kappa shape index (κ3) is 3.35. The number of anilines is 1. The Morgan fingerprint density at radius 1 is 1.57 bits per heavy atom. The van der Waals surface area contributed by atoms with Crippen LogP contribution in [0.25, 0.3) is 0 Å². The highest BCUT2D eigenvalue weighted by Gasteiger charge is 2.31. The minimum atomic E-state index is -0.617. The molecule has 0 saturated carbocycles. The predicted molar refractivity (Wildman–Crippen MR) is 77.4 cm³/mol. The van der Waals surface area contributed by atoms with E-state index in [1.807, 2.05) is 6.92 Å². The summed E-state index contributed by atoms with van der Waals surface area (Å²) in [5.74, 6) is -1.16. The minimum absolute atomic E-state index is 0.0379. The zero-order valence-electron chi connectivity index (χ0n) is 12.5. The summed E-state index contributed by atoms with van der Waals surface area (Å²) in [7, 11) is 0. The average Bonchev–Trinajstić information content (AvgIpc) is 3.18. The number of hydrogen-bond acceptors (Lipinski definition) is 6. The van der Waals surface area contributed by atoms with Gasteiger partial charge in [-0.05, 0) is 13.0 Å². The first-order chi connectivity index (χ1) is 11.2. The summed E-state index contributed by atoms with van der Waals surface area (Å²) in [5, 5.41) is 10.2. The SMILES string of the molecule is CCO[C@@H]1COC[C@H]1n1cc(C(=O)Nc2ccncc2F)nn1. The van der Waals surface area contributed by atoms with Crippen molar-refractivity contribution in [3.63, 3.8) is 0 Å². The van der Waals surface area contributed by atoms with E-state index in [9.17, 15) is 9.18 Å². The lowest BCUT2D eigenvalue weighted by molar-refractivity contribution is 0.0340. The Kier molecular flexibility index (Phi) is 4.58. The zero-order valence-corrected chi connectivity index (χ0v) is 12.5. The molecule has 0 aliphatic carbocycles. The first kappa shape index (κ1) is 15.5. The maximum Gasteiger partial charge on any atom is 0.277 e. The summed E-state index contributed by atoms with van der Waals surface area (Å²) in [6.07, 6.45) is 3.78. The van der Waals surface area contributed by atoms with Crippen LogP contribution in [0.4, 0.5) is 10.1 Å². The number of aromatic nitrogens is 4. The van der Waals surface area contributed by atoms with E-state index in [1.165, 1.54) is 18.5 Å². The van der Waals surface area contributed by atoms with Gasteiger partial charge < -0.3 is 14.8 Å². The van der Waals surface area contributed by atoms with Crippen molar-refractivity contribution in [2.45, 2.75) is 19.1 Å². The van der Waals surface area contributed by atoms with Gasteiger partial charge in [0, 0.05) is 12.8 Å². The molecular formula is C14H16FN5O3. The highest BCUT2D eigenvalue weighted by atomic mass is 19.1. The number of ether oxygens (including phenoxy) is 2. The van der Waals surface area contributed by atoms with E-state index in [1.54, 1.807) is 4.68 Å². The van der Waals surface area contributed by atoms with Crippen LogP contribution in [0.15, 0.2) is 24.7 Å². The van der Waals surface area contributed by atoms with Gasteiger partial charge in [0.1, 0.15) is 12.1 Å². The topological polar surface area (TPSA) is 91.2 Å². The normalized spacial score (nSPS) is 20.6. The molecule has 3 heterocycles. The van der Waals surface area contributed by atoms with Crippen molar-refractivity contribution in [1.82, 2.24) is 20.0 Å². The molecule has 122 valence electrons. The van der Waals surface area contributed by atoms with E-state index in [4.69, 9.17) is 9.47 Å². The quantitative estimate of drug-likeness (QED) is 0.885. The van der Waals surface area contributed by atoms with Gasteiger partial charge in [-0.15, -0.1) is 5.10 Å². The minimum Gasteiger partial charge on any atom is -0.376 e. The Bertz CT molecular complexity index is 693. The predicted octanol–water partition coefficient (Wildman–Crippen LogP) is 1.04. The van der Waals surface area contributed by atoms with Crippen LogP contribution in [0, 0.1) is 5.82 Å². The molecule has 0 spiro atoms. The number of carbonyl (C=O) groups excluding carboxylic acids is 1. The molecule has 1 amide bonds. The lowest BCUT2D eigenvalue weighted by Crippen LogP contribution is -2.26. The summed E-state index contributed by atoms with van der Waals surface area (Å²) in [4.78, 5) is 15.7. The Balaban J connectivity index is 1.71. The fourth-order valence-corrected chi connectivity index (χ4v) is 2.35. The van der Waals surface area contributed by atoms with Crippen molar-refractivity contribution >= 4 is 11.6 Å². The highest BCUT2D eigenvalue weighted by molar-refractivity contribution is 6.02. The molecule has 9 heteroatoms. The van der Waals surface area contributed by atoms with E-state index < -0.39 is 11.7 Å². The van der Waals surface area contributed by atoms with Crippen LogP contribution in [0.1, 0.15) is 23.5 Å². The molecule has 1 aliphatic heterocycles. The summed E-state index contributed by atoms with van der Waals surface area (Å²) in [6.45, 7) is 3.38. The van der Waals surface area contributed by atoms with Crippen LogP contribution in [0.3, 0.4) is 0 Å². The number of carbonyl (C=O) groups is 1. The highest BCUT2D eigenvalue weighted by Crippen LogP contribution is 2.22. The molecule has 3 rings (SSSR count). The van der Waals surface area contributed by atoms with Crippen molar-refractivity contribution in [2.75, 3.05) is 25.1 Å². The van der Waals surface area contributed by atoms with Gasteiger partial charge in [0.25, 0.3) is 5.91 Å². The standard InChI is InChI=1S/C14H16FN5O3/c1-2-23-13-8-22-7-12(13)20-6-11(18-19-20)14(21)17-10-3-4-16-5-9(10)15/h3-6,12-13H,2,7-8H2,1H3,(H,16,17,21)/t12-,13-/m1/s1. The van der Waals surface area contributed by atoms with Crippen molar-refractivity contribution < 1.29 is 18.7 Å². The van der Waals surface area contributed by atoms with Gasteiger partial charge >= 0.3 is 0 Å². The molecule has 2 aromatic rings. The molecule has 1 saturated heterocycles. The third-order valence-electron chi connectivity index (χ3n) is 3.48. The van der Waals surface area contributed by atoms with E-state index >= 15 is 0 Å². The molecule has 1 fully saturated rings. The van der Waals surface area contributed by atoms with Crippen LogP contribution < -0.4 is 5.32 Å². The molecule has 1 aliphatic rings. The van der Waals surface area contributed by atoms with Crippen LogP contribution in [0.5, 0.6) is 0 Å². The molecular weight excluding hydrogens is 305 g/mol. The molecule has 8 nitrogen and oxygen atoms in total. The van der Waals surface area contributed by atoms with Crippen molar-refractivity contribution in [3.05, 3.63) is 36.2 Å². The Labute approximate surface area is 131 Å². The maximum absolute atomic E-state index is 13.5. The number of hydrogen-bond donors (Lipinski definition) is 1. The van der Waals surface area contributed by atoms with Gasteiger partial charge in [0.05, 0.1) is 31.3 Å². The first-order valence-electron chi connectivity index (χ1n) is 7.21. The van der Waals surface area contributed by atoms with Gasteiger partial charge in [-0.2, -0.15) is 0 Å². The molecule has 0 aromatic carbocycles. The number of nitrogens with one attached hydrogen (secondary N) is 1. The zero-order chi connectivity index (χ0) is 16.2. The van der Waals surface area contributed by atoms with Gasteiger partial charge in [-0.3, -0.25) is 9.78 Å². The summed E-state index contributed by atoms with van der Waals surface area (Å²) >= 11 is 0. The molecule has 0 unspecified atom stereocenters. The average molecular weight is 321 g/mol. The smallest absolute Gasteiger partial charge is 0.277 e. The number of rotatable bonds is 5. The second-order valence-corrected chi connectivity index (χ2v) is 4.99. The van der Waals surface area contributed by atoms with Crippen LogP contribution in [-0.2, 0) is 9.47 Å². The summed E-state index contributed by atoms with van der Waals surface area (Å²) in [5.41, 5.74) is 0.124. The van der Waals surface area contributed by atoms with E-state index in [-0.39, 0.29) is 23.5 Å². The van der Waals surface area contributed by atoms with E-state index in [0.29, 0.717) is 19.8 Å². The summed E-state index contributed by atoms with van der Waals surface area (Å²) < 4.78 is 26.0. The Morgan fingerprint density at radius 2 is 2.43 bits per heavy atom. The Morgan fingerprint density at radius 3 is 3.22 bits per heavy atom. The van der Waals surface area contributed by atoms with Gasteiger partial charge in [-0.1, -0.05) is 5.21 Å². The first-order valence-corrected chi connectivity index (χ1v) is 7.21. The largest absolute Gasteiger partial charge is 0.376 e. The molecule has 2 aromatic heterocycles. The van der Waals surface area contributed by atoms with Crippen LogP contribution in [-0.4, -0.2) is 51.8 Å². The lowest BCUT2D eigenvalue weighted by atomic mass is 10.2. The number of pyridine rings is 1.